The van der Waals surface area contributed by atoms with Crippen molar-refractivity contribution in [1.82, 2.24) is 0 Å². The Morgan fingerprint density at radius 3 is 0.851 bits per heavy atom. The zero-order chi connectivity index (χ0) is 63.1. The van der Waals surface area contributed by atoms with Crippen molar-refractivity contribution in [2.75, 3.05) is 0 Å². The van der Waals surface area contributed by atoms with Crippen LogP contribution in [0.4, 0.5) is 0 Å². The first kappa shape index (κ1) is 55.5. The van der Waals surface area contributed by atoms with Crippen LogP contribution in [0.3, 0.4) is 0 Å². The maximum Gasteiger partial charge on any atom is 0.143 e. The average molecular weight is 1200 g/mol. The topological polar surface area (TPSA) is 26.3 Å². The van der Waals surface area contributed by atoms with Crippen molar-refractivity contribution < 1.29 is 8.83 Å². The molecule has 0 aliphatic rings. The van der Waals surface area contributed by atoms with E-state index in [1.165, 1.54) is 131 Å². The van der Waals surface area contributed by atoms with Crippen LogP contribution in [-0.4, -0.2) is 0 Å². The summed E-state index contributed by atoms with van der Waals surface area (Å²) in [5, 5.41) is 22.8. The second kappa shape index (κ2) is 21.1. The molecular formula is C92H66O2. The van der Waals surface area contributed by atoms with Crippen molar-refractivity contribution >= 4 is 119 Å². The van der Waals surface area contributed by atoms with Crippen LogP contribution < -0.4 is 0 Å². The Morgan fingerprint density at radius 1 is 0.202 bits per heavy atom. The molecule has 0 N–H and O–H groups in total. The lowest BCUT2D eigenvalue weighted by atomic mass is 9.84. The molecular weight excluding hydrogens is 1140 g/mol. The highest BCUT2D eigenvalue weighted by atomic mass is 16.3. The van der Waals surface area contributed by atoms with Gasteiger partial charge in [-0.3, -0.25) is 0 Å². The molecule has 0 radical (unpaired) electrons. The Hall–Kier alpha value is -11.3. The maximum absolute atomic E-state index is 6.37. The first-order valence-electron chi connectivity index (χ1n) is 32.9. The van der Waals surface area contributed by atoms with E-state index < -0.39 is 0 Å². The summed E-state index contributed by atoms with van der Waals surface area (Å²) in [6.07, 6.45) is 0. The van der Waals surface area contributed by atoms with Gasteiger partial charge in [0.15, 0.2) is 0 Å². The van der Waals surface area contributed by atoms with E-state index in [4.69, 9.17) is 8.83 Å². The summed E-state index contributed by atoms with van der Waals surface area (Å²) >= 11 is 0. The van der Waals surface area contributed by atoms with E-state index in [2.05, 4.69) is 308 Å². The highest BCUT2D eigenvalue weighted by Crippen LogP contribution is 2.47. The first-order chi connectivity index (χ1) is 45.8. The van der Waals surface area contributed by atoms with Crippen molar-refractivity contribution in [3.8, 4) is 66.8 Å². The normalized spacial score (nSPS) is 12.4. The summed E-state index contributed by atoms with van der Waals surface area (Å²) in [6, 6.07) is 107. The smallest absolute Gasteiger partial charge is 0.143 e. The molecule has 2 heteroatoms. The Morgan fingerprint density at radius 2 is 0.479 bits per heavy atom. The van der Waals surface area contributed by atoms with E-state index in [0.29, 0.717) is 0 Å². The number of hydrogen-bond donors (Lipinski definition) is 0. The van der Waals surface area contributed by atoms with E-state index in [9.17, 15) is 0 Å². The predicted molar refractivity (Wildman–Crippen MR) is 402 cm³/mol. The Kier molecular flexibility index (Phi) is 12.5. The molecule has 2 aromatic heterocycles. The van der Waals surface area contributed by atoms with Crippen LogP contribution >= 0.6 is 0 Å². The summed E-state index contributed by atoms with van der Waals surface area (Å²) in [5.41, 5.74) is 21.3. The number of furan rings is 2. The van der Waals surface area contributed by atoms with Crippen LogP contribution in [0.2, 0.25) is 0 Å². The minimum atomic E-state index is 0.132. The molecule has 19 aromatic rings. The second-order valence-corrected chi connectivity index (χ2v) is 27.9. The lowest BCUT2D eigenvalue weighted by Crippen LogP contribution is -2.10. The Labute approximate surface area is 546 Å². The first-order valence-corrected chi connectivity index (χ1v) is 32.9. The number of rotatable bonds is 6. The van der Waals surface area contributed by atoms with E-state index in [1.807, 2.05) is 24.3 Å². The molecule has 0 aliphatic carbocycles. The minimum absolute atomic E-state index is 0.132. The minimum Gasteiger partial charge on any atom is -0.455 e. The zero-order valence-corrected chi connectivity index (χ0v) is 53.5. The lowest BCUT2D eigenvalue weighted by molar-refractivity contribution is 0.590. The van der Waals surface area contributed by atoms with Gasteiger partial charge in [-0.2, -0.15) is 0 Å². The molecule has 0 bridgehead atoms. The summed E-state index contributed by atoms with van der Waals surface area (Å²) in [6.45, 7) is 13.6. The molecule has 2 nitrogen and oxygen atoms in total. The van der Waals surface area contributed by atoms with Crippen molar-refractivity contribution in [1.29, 1.82) is 0 Å². The number of benzene rings is 17. The largest absolute Gasteiger partial charge is 0.455 e. The van der Waals surface area contributed by atoms with Gasteiger partial charge in [-0.1, -0.05) is 308 Å². The molecule has 0 saturated heterocycles. The molecule has 0 saturated carbocycles. The van der Waals surface area contributed by atoms with Crippen LogP contribution in [0, 0.1) is 0 Å². The van der Waals surface area contributed by atoms with E-state index in [0.717, 1.165) is 66.1 Å². The Balaban J connectivity index is 0.000000138. The van der Waals surface area contributed by atoms with Crippen molar-refractivity contribution in [3.05, 3.63) is 302 Å². The third kappa shape index (κ3) is 8.99. The number of hydrogen-bond acceptors (Lipinski definition) is 2. The van der Waals surface area contributed by atoms with Gasteiger partial charge >= 0.3 is 0 Å². The van der Waals surface area contributed by atoms with Gasteiger partial charge in [-0.25, -0.2) is 0 Å². The average Bonchev–Trinajstić information content (AvgIpc) is 1.01. The zero-order valence-electron chi connectivity index (χ0n) is 53.5. The van der Waals surface area contributed by atoms with Gasteiger partial charge < -0.3 is 8.83 Å². The van der Waals surface area contributed by atoms with Crippen molar-refractivity contribution in [3.63, 3.8) is 0 Å². The molecule has 17 aromatic carbocycles. The number of para-hydroxylation sites is 4. The fourth-order valence-electron chi connectivity index (χ4n) is 15.3. The highest BCUT2D eigenvalue weighted by molar-refractivity contribution is 6.29. The van der Waals surface area contributed by atoms with Gasteiger partial charge in [-0.05, 0) is 177 Å². The van der Waals surface area contributed by atoms with Crippen LogP contribution in [0.15, 0.2) is 300 Å². The molecule has 19 rings (SSSR count). The third-order valence-corrected chi connectivity index (χ3v) is 20.2. The SMILES string of the molecule is CC(C)(C)c1ccc(-c2ccc3ccc4c(-c5ccc(-c6cccc7c6oc6ccccc67)cc5)ccc5ccc2c3c54)cc1.CC(C)(C)c1ccc(-c2ccc3ccc4c(-c5ccc6cc(-c7cccc8c7oc7ccccc78)ccc6c5)ccc5ccc2c3c54)cc1. The lowest BCUT2D eigenvalue weighted by Gasteiger charge is -2.20. The monoisotopic (exact) mass is 1200 g/mol. The van der Waals surface area contributed by atoms with Crippen LogP contribution in [0.5, 0.6) is 0 Å². The van der Waals surface area contributed by atoms with Gasteiger partial charge in [0.05, 0.1) is 0 Å². The Bertz CT molecular complexity index is 6200. The van der Waals surface area contributed by atoms with Crippen LogP contribution in [0.1, 0.15) is 52.7 Å². The summed E-state index contributed by atoms with van der Waals surface area (Å²) < 4.78 is 12.7. The quantitative estimate of drug-likeness (QED) is 0.155. The fraction of sp³-hybridized carbons (Fsp3) is 0.0870. The second-order valence-electron chi connectivity index (χ2n) is 27.9. The summed E-state index contributed by atoms with van der Waals surface area (Å²) in [4.78, 5) is 0. The molecule has 0 aliphatic heterocycles. The predicted octanol–water partition coefficient (Wildman–Crippen LogP) is 26.7. The van der Waals surface area contributed by atoms with E-state index in [1.54, 1.807) is 0 Å². The van der Waals surface area contributed by atoms with E-state index >= 15 is 0 Å². The van der Waals surface area contributed by atoms with E-state index in [-0.39, 0.29) is 10.8 Å². The van der Waals surface area contributed by atoms with Crippen molar-refractivity contribution in [2.24, 2.45) is 0 Å². The van der Waals surface area contributed by atoms with Gasteiger partial charge in [-0.15, -0.1) is 0 Å². The van der Waals surface area contributed by atoms with Crippen LogP contribution in [0.25, 0.3) is 186 Å². The molecule has 446 valence electrons. The van der Waals surface area contributed by atoms with Crippen LogP contribution in [-0.2, 0) is 10.8 Å². The standard InChI is InChI=1S/C48H34O.C44H32O/c1-48(2,3)36-21-15-29(16-22-36)37-23-17-30-20-26-42-38(24-18-31-19-25-41(37)45(30)46(31)42)34-13-11-33-28-35(14-12-32(33)27-34)39-8-6-9-43-40-7-4-5-10-44(40)49-47(39)43;1-44(2,3)32-21-15-28(16-22-32)34-24-18-31-19-25-37-33(23-17-30-20-26-38(34)42(31)41(30)37)27-11-13-29(14-12-27)35-8-6-9-39-36-7-4-5-10-40(36)45-43(35)39/h4-28H,1-3H3;4-26H,1-3H3. The van der Waals surface area contributed by atoms with Gasteiger partial charge in [0.2, 0.25) is 0 Å². The van der Waals surface area contributed by atoms with Gasteiger partial charge in [0.25, 0.3) is 0 Å². The van der Waals surface area contributed by atoms with Gasteiger partial charge in [0, 0.05) is 32.7 Å². The molecule has 0 spiro atoms. The molecule has 0 amide bonds. The summed E-state index contributed by atoms with van der Waals surface area (Å²) in [7, 11) is 0. The number of fused-ring (bicyclic) bond motifs is 7. The maximum atomic E-state index is 6.37. The molecule has 94 heavy (non-hydrogen) atoms. The highest BCUT2D eigenvalue weighted by Gasteiger charge is 2.21. The van der Waals surface area contributed by atoms with Crippen molar-refractivity contribution in [2.45, 2.75) is 52.4 Å². The molecule has 2 heterocycles. The molecule has 0 atom stereocenters. The third-order valence-electron chi connectivity index (χ3n) is 20.2. The molecule has 0 fully saturated rings. The fourth-order valence-corrected chi connectivity index (χ4v) is 15.3. The molecule has 0 unspecified atom stereocenters. The summed E-state index contributed by atoms with van der Waals surface area (Å²) in [5.74, 6) is 0. The van der Waals surface area contributed by atoms with Gasteiger partial charge in [0.1, 0.15) is 22.3 Å².